The van der Waals surface area contributed by atoms with Gasteiger partial charge in [0.1, 0.15) is 6.61 Å². The highest BCUT2D eigenvalue weighted by molar-refractivity contribution is 5.39. The zero-order chi connectivity index (χ0) is 13.3. The number of methoxy groups -OCH3 is 1. The molecule has 19 heavy (non-hydrogen) atoms. The molecule has 1 N–H and O–H groups in total. The summed E-state index contributed by atoms with van der Waals surface area (Å²) in [6.45, 7) is 1.60. The van der Waals surface area contributed by atoms with Crippen LogP contribution in [0.25, 0.3) is 0 Å². The fourth-order valence-electron chi connectivity index (χ4n) is 2.65. The summed E-state index contributed by atoms with van der Waals surface area (Å²) in [5.74, 6) is 1.63. The summed E-state index contributed by atoms with van der Waals surface area (Å²) in [5.41, 5.74) is 0. The Balaban J connectivity index is 1.68. The number of ether oxygens (including phenoxy) is 2. The second-order valence-corrected chi connectivity index (χ2v) is 5.14. The molecule has 0 aromatic heterocycles. The third-order valence-electron chi connectivity index (χ3n) is 3.72. The molecule has 1 aromatic rings. The van der Waals surface area contributed by atoms with Crippen LogP contribution in [0, 0.1) is 0 Å². The standard InChI is InChI=1S/C16H25NO2/c1-18-15-10-6-7-11-16(15)19-13-12-17-14-8-4-2-3-5-9-14/h6-7,10-11,14,17H,2-5,8-9,12-13H2,1H3. The van der Waals surface area contributed by atoms with Gasteiger partial charge in [-0.05, 0) is 25.0 Å². The first-order valence-electron chi connectivity index (χ1n) is 7.39. The third-order valence-corrected chi connectivity index (χ3v) is 3.72. The van der Waals surface area contributed by atoms with Crippen molar-refractivity contribution < 1.29 is 9.47 Å². The lowest BCUT2D eigenvalue weighted by Gasteiger charge is -2.16. The van der Waals surface area contributed by atoms with E-state index in [-0.39, 0.29) is 0 Å². The van der Waals surface area contributed by atoms with Crippen LogP contribution in [0.15, 0.2) is 24.3 Å². The van der Waals surface area contributed by atoms with Crippen molar-refractivity contribution in [1.82, 2.24) is 5.32 Å². The summed E-state index contributed by atoms with van der Waals surface area (Å²) in [6, 6.07) is 8.48. The summed E-state index contributed by atoms with van der Waals surface area (Å²) < 4.78 is 11.0. The summed E-state index contributed by atoms with van der Waals surface area (Å²) in [7, 11) is 1.67. The second kappa shape index (κ2) is 8.05. The molecule has 0 bridgehead atoms. The normalized spacial score (nSPS) is 16.9. The topological polar surface area (TPSA) is 30.5 Å². The van der Waals surface area contributed by atoms with E-state index in [1.807, 2.05) is 24.3 Å². The van der Waals surface area contributed by atoms with Crippen LogP contribution >= 0.6 is 0 Å². The monoisotopic (exact) mass is 263 g/mol. The Morgan fingerprint density at radius 2 is 1.74 bits per heavy atom. The van der Waals surface area contributed by atoms with Crippen LogP contribution in [0.2, 0.25) is 0 Å². The van der Waals surface area contributed by atoms with Crippen LogP contribution in [0.4, 0.5) is 0 Å². The molecule has 1 aliphatic carbocycles. The van der Waals surface area contributed by atoms with Crippen molar-refractivity contribution in [3.05, 3.63) is 24.3 Å². The molecular weight excluding hydrogens is 238 g/mol. The van der Waals surface area contributed by atoms with Gasteiger partial charge in [0.2, 0.25) is 0 Å². The van der Waals surface area contributed by atoms with Crippen molar-refractivity contribution in [3.63, 3.8) is 0 Å². The molecule has 1 aromatic carbocycles. The summed E-state index contributed by atoms with van der Waals surface area (Å²) >= 11 is 0. The number of nitrogens with one attached hydrogen (secondary N) is 1. The largest absolute Gasteiger partial charge is 0.493 e. The lowest BCUT2D eigenvalue weighted by atomic mass is 10.1. The minimum absolute atomic E-state index is 0.684. The number of rotatable bonds is 6. The predicted octanol–water partition coefficient (Wildman–Crippen LogP) is 3.39. The van der Waals surface area contributed by atoms with Gasteiger partial charge in [0, 0.05) is 12.6 Å². The maximum atomic E-state index is 5.76. The van der Waals surface area contributed by atoms with E-state index >= 15 is 0 Å². The summed E-state index contributed by atoms with van der Waals surface area (Å²) in [4.78, 5) is 0. The van der Waals surface area contributed by atoms with Gasteiger partial charge < -0.3 is 14.8 Å². The molecule has 0 atom stereocenters. The first-order valence-corrected chi connectivity index (χ1v) is 7.39. The molecule has 0 amide bonds. The van der Waals surface area contributed by atoms with Gasteiger partial charge >= 0.3 is 0 Å². The minimum atomic E-state index is 0.684. The average molecular weight is 263 g/mol. The highest BCUT2D eigenvalue weighted by atomic mass is 16.5. The fourth-order valence-corrected chi connectivity index (χ4v) is 2.65. The van der Waals surface area contributed by atoms with E-state index in [1.54, 1.807) is 7.11 Å². The van der Waals surface area contributed by atoms with E-state index in [4.69, 9.17) is 9.47 Å². The minimum Gasteiger partial charge on any atom is -0.493 e. The molecule has 0 aliphatic heterocycles. The highest BCUT2D eigenvalue weighted by Crippen LogP contribution is 2.25. The van der Waals surface area contributed by atoms with E-state index < -0.39 is 0 Å². The molecular formula is C16H25NO2. The number of hydrogen-bond donors (Lipinski definition) is 1. The molecule has 1 saturated carbocycles. The van der Waals surface area contributed by atoms with Crippen LogP contribution < -0.4 is 14.8 Å². The molecule has 0 heterocycles. The van der Waals surface area contributed by atoms with Gasteiger partial charge in [0.15, 0.2) is 11.5 Å². The Kier molecular flexibility index (Phi) is 6.02. The molecule has 2 rings (SSSR count). The van der Waals surface area contributed by atoms with Crippen molar-refractivity contribution in [2.24, 2.45) is 0 Å². The molecule has 3 nitrogen and oxygen atoms in total. The van der Waals surface area contributed by atoms with Gasteiger partial charge in [-0.25, -0.2) is 0 Å². The van der Waals surface area contributed by atoms with Gasteiger partial charge in [0.25, 0.3) is 0 Å². The predicted molar refractivity (Wildman–Crippen MR) is 78.0 cm³/mol. The first kappa shape index (κ1) is 14.2. The molecule has 1 aliphatic rings. The molecule has 1 fully saturated rings. The Labute approximate surface area is 116 Å². The van der Waals surface area contributed by atoms with E-state index in [1.165, 1.54) is 38.5 Å². The van der Waals surface area contributed by atoms with E-state index in [9.17, 15) is 0 Å². The van der Waals surface area contributed by atoms with Crippen LogP contribution in [-0.4, -0.2) is 26.3 Å². The van der Waals surface area contributed by atoms with Gasteiger partial charge in [-0.3, -0.25) is 0 Å². The van der Waals surface area contributed by atoms with Gasteiger partial charge in [-0.2, -0.15) is 0 Å². The Bertz CT molecular complexity index is 360. The van der Waals surface area contributed by atoms with Crippen LogP contribution in [0.3, 0.4) is 0 Å². The Morgan fingerprint density at radius 1 is 1.05 bits per heavy atom. The van der Waals surface area contributed by atoms with Crippen LogP contribution in [0.5, 0.6) is 11.5 Å². The highest BCUT2D eigenvalue weighted by Gasteiger charge is 2.11. The number of para-hydroxylation sites is 2. The number of benzene rings is 1. The third kappa shape index (κ3) is 4.75. The second-order valence-electron chi connectivity index (χ2n) is 5.14. The molecule has 0 unspecified atom stereocenters. The zero-order valence-electron chi connectivity index (χ0n) is 11.9. The van der Waals surface area contributed by atoms with Crippen molar-refractivity contribution in [2.75, 3.05) is 20.3 Å². The van der Waals surface area contributed by atoms with E-state index in [0.29, 0.717) is 12.6 Å². The maximum absolute atomic E-state index is 5.76. The lowest BCUT2D eigenvalue weighted by molar-refractivity contribution is 0.283. The maximum Gasteiger partial charge on any atom is 0.161 e. The molecule has 0 saturated heterocycles. The quantitative estimate of drug-likeness (QED) is 0.630. The van der Waals surface area contributed by atoms with Gasteiger partial charge in [-0.1, -0.05) is 37.8 Å². The Hall–Kier alpha value is -1.22. The van der Waals surface area contributed by atoms with Crippen molar-refractivity contribution in [3.8, 4) is 11.5 Å². The lowest BCUT2D eigenvalue weighted by Crippen LogP contribution is -2.32. The SMILES string of the molecule is COc1ccccc1OCCNC1CCCCCC1. The molecule has 3 heteroatoms. The smallest absolute Gasteiger partial charge is 0.161 e. The average Bonchev–Trinajstić information content (AvgIpc) is 2.72. The molecule has 0 radical (unpaired) electrons. The van der Waals surface area contributed by atoms with E-state index in [0.717, 1.165) is 18.0 Å². The molecule has 0 spiro atoms. The van der Waals surface area contributed by atoms with Crippen molar-refractivity contribution in [2.45, 2.75) is 44.6 Å². The summed E-state index contributed by atoms with van der Waals surface area (Å²) in [5, 5.41) is 3.60. The Morgan fingerprint density at radius 3 is 2.42 bits per heavy atom. The number of hydrogen-bond acceptors (Lipinski definition) is 3. The van der Waals surface area contributed by atoms with Crippen LogP contribution in [0.1, 0.15) is 38.5 Å². The van der Waals surface area contributed by atoms with Crippen molar-refractivity contribution in [1.29, 1.82) is 0 Å². The van der Waals surface area contributed by atoms with Crippen LogP contribution in [-0.2, 0) is 0 Å². The fraction of sp³-hybridized carbons (Fsp3) is 0.625. The first-order chi connectivity index (χ1) is 9.40. The molecule has 106 valence electrons. The van der Waals surface area contributed by atoms with Gasteiger partial charge in [-0.15, -0.1) is 0 Å². The zero-order valence-corrected chi connectivity index (χ0v) is 11.9. The van der Waals surface area contributed by atoms with Crippen molar-refractivity contribution >= 4 is 0 Å². The van der Waals surface area contributed by atoms with Gasteiger partial charge in [0.05, 0.1) is 7.11 Å². The van der Waals surface area contributed by atoms with E-state index in [2.05, 4.69) is 5.32 Å². The summed E-state index contributed by atoms with van der Waals surface area (Å²) in [6.07, 6.45) is 8.16.